The Morgan fingerprint density at radius 2 is 0.862 bits per heavy atom. The first-order valence-corrected chi connectivity index (χ1v) is 24.6. The number of carbonyl (C=O) groups is 2. The molecule has 334 valence electrons. The van der Waals surface area contributed by atoms with Gasteiger partial charge in [-0.25, -0.2) is 0 Å². The Hall–Kier alpha value is -1.30. The highest BCUT2D eigenvalue weighted by Gasteiger charge is 2.60. The zero-order chi connectivity index (χ0) is 40.5. The van der Waals surface area contributed by atoms with Gasteiger partial charge in [0.25, 0.3) is 0 Å². The van der Waals surface area contributed by atoms with Gasteiger partial charge < -0.3 is 37.9 Å². The number of hydrogen-bond donors (Lipinski definition) is 0. The minimum absolute atomic E-state index is 0.0577. The number of esters is 2. The third-order valence-electron chi connectivity index (χ3n) is 14.8. The Balaban J connectivity index is 1.02. The molecule has 0 aromatic carbocycles. The van der Waals surface area contributed by atoms with Crippen molar-refractivity contribution in [2.75, 3.05) is 39.6 Å². The van der Waals surface area contributed by atoms with Gasteiger partial charge >= 0.3 is 11.9 Å². The molecular formula is C48H82O10. The first kappa shape index (κ1) is 46.2. The third kappa shape index (κ3) is 13.6. The van der Waals surface area contributed by atoms with Crippen LogP contribution in [0.15, 0.2) is 0 Å². The van der Waals surface area contributed by atoms with Crippen LogP contribution in [0.2, 0.25) is 0 Å². The SMILES string of the molecule is CCCC1CCC(OC(=O)C2CCC(OCCCOC3CCCCO3)CC2)(C2(OC(=O)C3CCC(OCCCOC4CCCCO4)CC3)CCC(CCC)CC2)CC1. The Morgan fingerprint density at radius 3 is 1.21 bits per heavy atom. The molecule has 2 aliphatic heterocycles. The maximum absolute atomic E-state index is 14.4. The molecular weight excluding hydrogens is 737 g/mol. The molecule has 0 bridgehead atoms. The quantitative estimate of drug-likeness (QED) is 0.0820. The van der Waals surface area contributed by atoms with Gasteiger partial charge in [-0.2, -0.15) is 0 Å². The van der Waals surface area contributed by atoms with Crippen molar-refractivity contribution >= 4 is 11.9 Å². The van der Waals surface area contributed by atoms with Crippen molar-refractivity contribution in [2.24, 2.45) is 23.7 Å². The molecule has 10 nitrogen and oxygen atoms in total. The van der Waals surface area contributed by atoms with Gasteiger partial charge in [-0.3, -0.25) is 9.59 Å². The molecule has 0 spiro atoms. The Bertz CT molecular complexity index is 1060. The smallest absolute Gasteiger partial charge is 0.309 e. The molecule has 6 aliphatic rings. The van der Waals surface area contributed by atoms with Crippen LogP contribution >= 0.6 is 0 Å². The van der Waals surface area contributed by atoms with E-state index in [-0.39, 0.29) is 48.6 Å². The van der Waals surface area contributed by atoms with Crippen LogP contribution in [0.25, 0.3) is 0 Å². The van der Waals surface area contributed by atoms with Crippen LogP contribution in [0.5, 0.6) is 0 Å². The minimum Gasteiger partial charge on any atom is -0.455 e. The summed E-state index contributed by atoms with van der Waals surface area (Å²) >= 11 is 0. The summed E-state index contributed by atoms with van der Waals surface area (Å²) in [4.78, 5) is 28.7. The highest BCUT2D eigenvalue weighted by Crippen LogP contribution is 2.53. The zero-order valence-electron chi connectivity index (χ0n) is 36.7. The van der Waals surface area contributed by atoms with Crippen molar-refractivity contribution in [2.45, 2.75) is 230 Å². The molecule has 6 rings (SSSR count). The number of ether oxygens (including phenoxy) is 8. The molecule has 2 saturated heterocycles. The molecule has 58 heavy (non-hydrogen) atoms. The van der Waals surface area contributed by atoms with E-state index in [2.05, 4.69) is 13.8 Å². The lowest BCUT2D eigenvalue weighted by atomic mass is 9.62. The van der Waals surface area contributed by atoms with E-state index in [9.17, 15) is 9.59 Å². The fourth-order valence-electron chi connectivity index (χ4n) is 11.2. The fraction of sp³-hybridized carbons (Fsp3) is 0.958. The molecule has 4 aliphatic carbocycles. The summed E-state index contributed by atoms with van der Waals surface area (Å²) in [7, 11) is 0. The lowest BCUT2D eigenvalue weighted by Gasteiger charge is -2.54. The van der Waals surface area contributed by atoms with E-state index in [0.29, 0.717) is 38.3 Å². The second-order valence-corrected chi connectivity index (χ2v) is 19.0. The average molecular weight is 819 g/mol. The molecule has 0 radical (unpaired) electrons. The van der Waals surface area contributed by atoms with E-state index < -0.39 is 11.2 Å². The van der Waals surface area contributed by atoms with Crippen LogP contribution in [0.1, 0.15) is 194 Å². The number of rotatable bonds is 21. The first-order valence-electron chi connectivity index (χ1n) is 24.6. The summed E-state index contributed by atoms with van der Waals surface area (Å²) in [5.41, 5.74) is -1.52. The highest BCUT2D eigenvalue weighted by molar-refractivity contribution is 5.74. The second kappa shape index (κ2) is 24.4. The largest absolute Gasteiger partial charge is 0.455 e. The van der Waals surface area contributed by atoms with Crippen LogP contribution in [-0.4, -0.2) is 87.6 Å². The van der Waals surface area contributed by atoms with Crippen molar-refractivity contribution in [3.05, 3.63) is 0 Å². The molecule has 10 heteroatoms. The molecule has 4 saturated carbocycles. The van der Waals surface area contributed by atoms with Gasteiger partial charge in [0, 0.05) is 26.4 Å². The molecule has 0 aromatic heterocycles. The standard InChI is InChI=1S/C48H82O10/c1-3-11-37-23-27-47(28-24-37,57-45(49)39-15-19-41(20-16-39)51-33-9-35-55-43-13-5-7-31-53-43)48(29-25-38(12-4-2)26-30-48)58-46(50)40-17-21-42(22-18-40)52-34-10-36-56-44-14-6-8-32-54-44/h37-44H,3-36H2,1-2H3. The van der Waals surface area contributed by atoms with Crippen LogP contribution in [0.3, 0.4) is 0 Å². The van der Waals surface area contributed by atoms with Crippen molar-refractivity contribution in [3.8, 4) is 0 Å². The summed E-state index contributed by atoms with van der Waals surface area (Å²) in [5.74, 6) is 0.850. The predicted octanol–water partition coefficient (Wildman–Crippen LogP) is 10.5. The van der Waals surface area contributed by atoms with Crippen molar-refractivity contribution in [1.82, 2.24) is 0 Å². The van der Waals surface area contributed by atoms with Gasteiger partial charge in [0.2, 0.25) is 0 Å². The molecule has 6 fully saturated rings. The van der Waals surface area contributed by atoms with Crippen LogP contribution in [0, 0.1) is 23.7 Å². The van der Waals surface area contributed by atoms with Gasteiger partial charge in [0.15, 0.2) is 23.8 Å². The van der Waals surface area contributed by atoms with Crippen molar-refractivity contribution < 1.29 is 47.5 Å². The first-order chi connectivity index (χ1) is 28.4. The summed E-state index contributed by atoms with van der Waals surface area (Å²) in [6.45, 7) is 8.77. The molecule has 2 unspecified atom stereocenters. The monoisotopic (exact) mass is 819 g/mol. The van der Waals surface area contributed by atoms with E-state index in [1.54, 1.807) is 0 Å². The highest BCUT2D eigenvalue weighted by atomic mass is 16.7. The summed E-state index contributed by atoms with van der Waals surface area (Å²) < 4.78 is 49.6. The topological polar surface area (TPSA) is 108 Å². The predicted molar refractivity (Wildman–Crippen MR) is 223 cm³/mol. The van der Waals surface area contributed by atoms with E-state index in [1.807, 2.05) is 0 Å². The molecule has 2 heterocycles. The van der Waals surface area contributed by atoms with Crippen LogP contribution in [0.4, 0.5) is 0 Å². The zero-order valence-corrected chi connectivity index (χ0v) is 36.7. The normalized spacial score (nSPS) is 36.2. The molecule has 0 N–H and O–H groups in total. The Labute approximate surface area is 351 Å². The van der Waals surface area contributed by atoms with Crippen LogP contribution in [-0.2, 0) is 47.5 Å². The fourth-order valence-corrected chi connectivity index (χ4v) is 11.2. The number of carbonyl (C=O) groups excluding carboxylic acids is 2. The lowest BCUT2D eigenvalue weighted by molar-refractivity contribution is -0.240. The van der Waals surface area contributed by atoms with Gasteiger partial charge in [0.1, 0.15) is 0 Å². The minimum atomic E-state index is -0.762. The molecule has 0 amide bonds. The van der Waals surface area contributed by atoms with Crippen molar-refractivity contribution in [3.63, 3.8) is 0 Å². The number of hydrogen-bond acceptors (Lipinski definition) is 10. The van der Waals surface area contributed by atoms with Gasteiger partial charge in [0.05, 0.1) is 37.3 Å². The summed E-state index contributed by atoms with van der Waals surface area (Å²) in [6, 6.07) is 0. The molecule has 0 aromatic rings. The second-order valence-electron chi connectivity index (χ2n) is 19.0. The van der Waals surface area contributed by atoms with E-state index in [1.165, 1.54) is 38.5 Å². The third-order valence-corrected chi connectivity index (χ3v) is 14.8. The maximum Gasteiger partial charge on any atom is 0.309 e. The summed E-state index contributed by atoms with van der Waals surface area (Å²) in [5, 5.41) is 0. The van der Waals surface area contributed by atoms with Crippen LogP contribution < -0.4 is 0 Å². The van der Waals surface area contributed by atoms with Crippen molar-refractivity contribution in [1.29, 1.82) is 0 Å². The Morgan fingerprint density at radius 1 is 0.483 bits per heavy atom. The van der Waals surface area contributed by atoms with E-state index in [4.69, 9.17) is 37.9 Å². The van der Waals surface area contributed by atoms with Gasteiger partial charge in [-0.1, -0.05) is 39.5 Å². The molecule has 2 atom stereocenters. The van der Waals surface area contributed by atoms with Gasteiger partial charge in [-0.05, 0) is 166 Å². The maximum atomic E-state index is 14.4. The van der Waals surface area contributed by atoms with E-state index >= 15 is 0 Å². The average Bonchev–Trinajstić information content (AvgIpc) is 3.26. The van der Waals surface area contributed by atoms with E-state index in [0.717, 1.165) is 154 Å². The summed E-state index contributed by atoms with van der Waals surface area (Å²) in [6.07, 6.45) is 27.1. The Kier molecular flexibility index (Phi) is 19.4. The van der Waals surface area contributed by atoms with Gasteiger partial charge in [-0.15, -0.1) is 0 Å². The lowest BCUT2D eigenvalue weighted by Crippen LogP contribution is -2.62.